The van der Waals surface area contributed by atoms with Crippen LogP contribution in [0.3, 0.4) is 0 Å². The van der Waals surface area contributed by atoms with Gasteiger partial charge in [-0.05, 0) is 84.3 Å². The lowest BCUT2D eigenvalue weighted by molar-refractivity contribution is 0.598. The number of aryl methyl sites for hydroxylation is 2. The van der Waals surface area contributed by atoms with Gasteiger partial charge in [0.25, 0.3) is 0 Å². The van der Waals surface area contributed by atoms with Gasteiger partial charge in [-0.25, -0.2) is 17.6 Å². The normalized spacial score (nSPS) is 11.8. The first kappa shape index (κ1) is 33.4. The van der Waals surface area contributed by atoms with Crippen molar-refractivity contribution in [2.75, 3.05) is 0 Å². The summed E-state index contributed by atoms with van der Waals surface area (Å²) in [5.74, 6) is -1.88. The second-order valence-electron chi connectivity index (χ2n) is 11.3. The topological polar surface area (TPSA) is 0 Å². The van der Waals surface area contributed by atoms with Crippen molar-refractivity contribution in [3.05, 3.63) is 105 Å². The van der Waals surface area contributed by atoms with Crippen LogP contribution in [0.15, 0.2) is 48.5 Å². The Morgan fingerprint density at radius 2 is 0.786 bits per heavy atom. The second-order valence-corrected chi connectivity index (χ2v) is 11.3. The van der Waals surface area contributed by atoms with E-state index in [0.29, 0.717) is 0 Å². The van der Waals surface area contributed by atoms with Gasteiger partial charge in [0.05, 0.1) is 0 Å². The third-order valence-corrected chi connectivity index (χ3v) is 7.80. The summed E-state index contributed by atoms with van der Waals surface area (Å²) >= 11 is 0. The average Bonchev–Trinajstić information content (AvgIpc) is 2.98. The van der Waals surface area contributed by atoms with Crippen LogP contribution >= 0.6 is 0 Å². The summed E-state index contributed by atoms with van der Waals surface area (Å²) in [7, 11) is 0. The number of rotatable bonds is 18. The Morgan fingerprint density at radius 1 is 0.429 bits per heavy atom. The van der Waals surface area contributed by atoms with Crippen LogP contribution in [0.2, 0.25) is 0 Å². The molecule has 0 aliphatic heterocycles. The van der Waals surface area contributed by atoms with Crippen LogP contribution < -0.4 is 0 Å². The molecule has 0 bridgehead atoms. The zero-order valence-electron chi connectivity index (χ0n) is 25.3. The van der Waals surface area contributed by atoms with Crippen molar-refractivity contribution < 1.29 is 17.6 Å². The molecule has 0 aliphatic carbocycles. The van der Waals surface area contributed by atoms with Crippen molar-refractivity contribution in [2.24, 2.45) is 0 Å². The smallest absolute Gasteiger partial charge is 0.130 e. The number of hydrogen-bond donors (Lipinski definition) is 0. The minimum atomic E-state index is -0.475. The highest BCUT2D eigenvalue weighted by Crippen LogP contribution is 2.27. The molecule has 0 unspecified atom stereocenters. The molecule has 3 aromatic rings. The summed E-state index contributed by atoms with van der Waals surface area (Å²) in [5.41, 5.74) is 4.63. The van der Waals surface area contributed by atoms with E-state index in [2.05, 4.69) is 26.0 Å². The first-order chi connectivity index (χ1) is 20.4. The molecule has 0 radical (unpaired) electrons. The summed E-state index contributed by atoms with van der Waals surface area (Å²) in [5, 5.41) is 0. The van der Waals surface area contributed by atoms with Gasteiger partial charge < -0.3 is 0 Å². The lowest BCUT2D eigenvalue weighted by Crippen LogP contribution is -1.98. The summed E-state index contributed by atoms with van der Waals surface area (Å²) in [6, 6.07) is 11.3. The minimum Gasteiger partial charge on any atom is -0.207 e. The highest BCUT2D eigenvalue weighted by molar-refractivity contribution is 5.76. The molecule has 3 rings (SSSR count). The molecule has 4 heteroatoms. The van der Waals surface area contributed by atoms with Crippen molar-refractivity contribution in [1.29, 1.82) is 0 Å². The summed E-state index contributed by atoms with van der Waals surface area (Å²) in [6.45, 7) is 4.41. The highest BCUT2D eigenvalue weighted by atomic mass is 19.1. The van der Waals surface area contributed by atoms with Crippen LogP contribution in [-0.2, 0) is 12.8 Å². The maximum Gasteiger partial charge on any atom is 0.130 e. The molecule has 0 aliphatic rings. The van der Waals surface area contributed by atoms with Gasteiger partial charge in [0.1, 0.15) is 23.3 Å². The van der Waals surface area contributed by atoms with E-state index in [-0.39, 0.29) is 11.1 Å². The number of benzene rings is 3. The maximum absolute atomic E-state index is 14.4. The Hall–Kier alpha value is -3.14. The van der Waals surface area contributed by atoms with Crippen molar-refractivity contribution in [1.82, 2.24) is 0 Å². The Morgan fingerprint density at radius 3 is 1.19 bits per heavy atom. The minimum absolute atomic E-state index is 0.212. The summed E-state index contributed by atoms with van der Waals surface area (Å²) < 4.78 is 56.5. The quantitative estimate of drug-likeness (QED) is 0.0800. The van der Waals surface area contributed by atoms with Crippen LogP contribution in [0.4, 0.5) is 17.6 Å². The van der Waals surface area contributed by atoms with Crippen LogP contribution in [-0.4, -0.2) is 0 Å². The molecule has 0 saturated heterocycles. The van der Waals surface area contributed by atoms with E-state index >= 15 is 0 Å². The zero-order chi connectivity index (χ0) is 30.2. The van der Waals surface area contributed by atoms with Crippen molar-refractivity contribution in [2.45, 2.75) is 104 Å². The molecule has 0 spiro atoms. The molecule has 0 heterocycles. The molecule has 0 amide bonds. The van der Waals surface area contributed by atoms with Gasteiger partial charge >= 0.3 is 0 Å². The first-order valence-corrected chi connectivity index (χ1v) is 15.8. The Kier molecular flexibility index (Phi) is 14.6. The van der Waals surface area contributed by atoms with Gasteiger partial charge in [-0.15, -0.1) is 0 Å². The van der Waals surface area contributed by atoms with Crippen molar-refractivity contribution in [3.63, 3.8) is 0 Å². The SMILES string of the molecule is CCCCCCCCc1cc(/C=C/c2cc(F)ccc2F)c(CCCCCCCC)cc1/C=C/c1cc(F)ccc1F. The van der Waals surface area contributed by atoms with Crippen LogP contribution in [0.25, 0.3) is 24.3 Å². The predicted octanol–water partition coefficient (Wildman–Crippen LogP) is 12.4. The molecule has 42 heavy (non-hydrogen) atoms. The highest BCUT2D eigenvalue weighted by Gasteiger charge is 2.10. The lowest BCUT2D eigenvalue weighted by atomic mass is 9.91. The van der Waals surface area contributed by atoms with Gasteiger partial charge in [0.2, 0.25) is 0 Å². The van der Waals surface area contributed by atoms with E-state index in [0.717, 1.165) is 85.0 Å². The van der Waals surface area contributed by atoms with Gasteiger partial charge in [0.15, 0.2) is 0 Å². The molecular weight excluding hydrogens is 532 g/mol. The van der Waals surface area contributed by atoms with Crippen LogP contribution in [0.5, 0.6) is 0 Å². The van der Waals surface area contributed by atoms with Crippen LogP contribution in [0, 0.1) is 23.3 Å². The summed E-state index contributed by atoms with van der Waals surface area (Å²) in [4.78, 5) is 0. The first-order valence-electron chi connectivity index (χ1n) is 15.8. The zero-order valence-corrected chi connectivity index (χ0v) is 25.3. The van der Waals surface area contributed by atoms with E-state index in [1.54, 1.807) is 12.2 Å². The standard InChI is InChI=1S/C38H46F4/c1-3-5-7-9-11-13-15-29-25-32(18-20-34-28-36(40)22-24-38(34)42)30(16-14-12-10-8-6-4-2)26-31(29)17-19-33-27-35(39)21-23-37(33)41/h17-28H,3-16H2,1-2H3/b19-17+,20-18+. The second kappa shape index (κ2) is 18.4. The fourth-order valence-corrected chi connectivity index (χ4v) is 5.31. The van der Waals surface area contributed by atoms with E-state index in [1.807, 2.05) is 12.2 Å². The van der Waals surface area contributed by atoms with Gasteiger partial charge in [0, 0.05) is 11.1 Å². The van der Waals surface area contributed by atoms with E-state index in [4.69, 9.17) is 0 Å². The van der Waals surface area contributed by atoms with E-state index in [9.17, 15) is 17.6 Å². The van der Waals surface area contributed by atoms with Crippen molar-refractivity contribution in [3.8, 4) is 0 Å². The molecule has 0 aromatic heterocycles. The molecule has 0 atom stereocenters. The van der Waals surface area contributed by atoms with Gasteiger partial charge in [-0.1, -0.05) is 114 Å². The molecule has 0 nitrogen and oxygen atoms in total. The third-order valence-electron chi connectivity index (χ3n) is 7.80. The van der Waals surface area contributed by atoms with Gasteiger partial charge in [-0.3, -0.25) is 0 Å². The molecule has 226 valence electrons. The maximum atomic E-state index is 14.4. The predicted molar refractivity (Wildman–Crippen MR) is 171 cm³/mol. The molecule has 0 fully saturated rings. The molecular formula is C38H46F4. The molecule has 0 saturated carbocycles. The number of hydrogen-bond acceptors (Lipinski definition) is 0. The Balaban J connectivity index is 1.95. The van der Waals surface area contributed by atoms with E-state index in [1.165, 1.54) is 63.5 Å². The lowest BCUT2D eigenvalue weighted by Gasteiger charge is -2.14. The Bertz CT molecular complexity index is 1200. The van der Waals surface area contributed by atoms with Crippen molar-refractivity contribution >= 4 is 24.3 Å². The largest absolute Gasteiger partial charge is 0.207 e. The average molecular weight is 579 g/mol. The van der Waals surface area contributed by atoms with E-state index < -0.39 is 23.3 Å². The van der Waals surface area contributed by atoms with Gasteiger partial charge in [-0.2, -0.15) is 0 Å². The fraction of sp³-hybridized carbons (Fsp3) is 0.421. The monoisotopic (exact) mass is 578 g/mol. The third kappa shape index (κ3) is 11.3. The number of unbranched alkanes of at least 4 members (excludes halogenated alkanes) is 10. The fourth-order valence-electron chi connectivity index (χ4n) is 5.31. The molecule has 0 N–H and O–H groups in total. The molecule has 3 aromatic carbocycles. The number of halogens is 4. The summed E-state index contributed by atoms with van der Waals surface area (Å²) in [6.07, 6.45) is 22.8. The Labute approximate surface area is 250 Å². The van der Waals surface area contributed by atoms with Crippen LogP contribution in [0.1, 0.15) is 124 Å².